The lowest BCUT2D eigenvalue weighted by Gasteiger charge is -2.14. The molecule has 0 aliphatic carbocycles. The SMILES string of the molecule is CC[N+]1=C(SC)SC(=C2Sc3ccc(OC)cc3N2C)C1=O.Cc1ccc(S(=O)(=O)[O-])cc1. The molecule has 2 heterocycles. The van der Waals surface area contributed by atoms with Gasteiger partial charge in [-0.05, 0) is 44.4 Å². The Hall–Kier alpha value is -1.92. The lowest BCUT2D eigenvalue weighted by atomic mass is 10.2. The molecule has 0 radical (unpaired) electrons. The molecule has 33 heavy (non-hydrogen) atoms. The molecule has 0 atom stereocenters. The zero-order chi connectivity index (χ0) is 24.3. The second-order valence-corrected chi connectivity index (χ2v) is 11.5. The van der Waals surface area contributed by atoms with E-state index >= 15 is 0 Å². The number of amides is 1. The summed E-state index contributed by atoms with van der Waals surface area (Å²) >= 11 is 4.85. The van der Waals surface area contributed by atoms with E-state index < -0.39 is 10.1 Å². The number of hydrogen-bond acceptors (Lipinski definition) is 9. The summed E-state index contributed by atoms with van der Waals surface area (Å²) in [5.74, 6) is 0.931. The molecule has 0 fully saturated rings. The fraction of sp³-hybridized carbons (Fsp3) is 0.273. The van der Waals surface area contributed by atoms with Gasteiger partial charge >= 0.3 is 5.91 Å². The van der Waals surface area contributed by atoms with Crippen molar-refractivity contribution in [1.29, 1.82) is 0 Å². The molecule has 2 aromatic carbocycles. The Kier molecular flexibility index (Phi) is 8.22. The zero-order valence-corrected chi connectivity index (χ0v) is 22.1. The number of ether oxygens (including phenoxy) is 1. The van der Waals surface area contributed by atoms with Gasteiger partial charge in [-0.2, -0.15) is 0 Å². The highest BCUT2D eigenvalue weighted by Crippen LogP contribution is 2.50. The van der Waals surface area contributed by atoms with Crippen molar-refractivity contribution in [3.8, 4) is 5.75 Å². The van der Waals surface area contributed by atoms with Gasteiger partial charge in [0.1, 0.15) is 20.9 Å². The summed E-state index contributed by atoms with van der Waals surface area (Å²) in [6, 6.07) is 11.8. The maximum Gasteiger partial charge on any atom is 0.430 e. The maximum atomic E-state index is 12.7. The molecule has 0 bridgehead atoms. The number of carbonyl (C=O) groups excluding carboxylic acids is 1. The number of aryl methyl sites for hydroxylation is 1. The second kappa shape index (κ2) is 10.6. The normalized spacial score (nSPS) is 17.8. The Labute approximate surface area is 207 Å². The number of rotatable bonds is 3. The minimum absolute atomic E-state index is 0.103. The Bertz CT molecular complexity index is 1240. The van der Waals surface area contributed by atoms with E-state index in [1.54, 1.807) is 54.5 Å². The maximum absolute atomic E-state index is 12.7. The van der Waals surface area contributed by atoms with E-state index in [0.717, 1.165) is 36.2 Å². The Morgan fingerprint density at radius 2 is 1.82 bits per heavy atom. The van der Waals surface area contributed by atoms with Gasteiger partial charge in [0.15, 0.2) is 11.4 Å². The zero-order valence-electron chi connectivity index (χ0n) is 18.8. The van der Waals surface area contributed by atoms with Gasteiger partial charge in [0.05, 0.1) is 17.7 Å². The molecule has 2 aromatic rings. The monoisotopic (exact) mass is 524 g/mol. The number of fused-ring (bicyclic) bond motifs is 1. The fourth-order valence-corrected chi connectivity index (χ4v) is 6.82. The highest BCUT2D eigenvalue weighted by molar-refractivity contribution is 8.40. The number of anilines is 1. The first kappa shape index (κ1) is 25.7. The first-order chi connectivity index (χ1) is 15.6. The van der Waals surface area contributed by atoms with Crippen LogP contribution in [0, 0.1) is 6.92 Å². The number of methoxy groups -OCH3 is 1. The van der Waals surface area contributed by atoms with Crippen LogP contribution in [0.2, 0.25) is 0 Å². The molecular weight excluding hydrogens is 501 g/mol. The van der Waals surface area contributed by atoms with Crippen molar-refractivity contribution in [1.82, 2.24) is 0 Å². The third-order valence-electron chi connectivity index (χ3n) is 4.88. The van der Waals surface area contributed by atoms with E-state index in [4.69, 9.17) is 4.74 Å². The number of hydrogen-bond donors (Lipinski definition) is 0. The predicted octanol–water partition coefficient (Wildman–Crippen LogP) is 4.33. The van der Waals surface area contributed by atoms with Crippen LogP contribution < -0.4 is 9.64 Å². The fourth-order valence-electron chi connectivity index (χ4n) is 3.11. The lowest BCUT2D eigenvalue weighted by molar-refractivity contribution is -0.433. The minimum atomic E-state index is -4.27. The van der Waals surface area contributed by atoms with Crippen molar-refractivity contribution < 1.29 is 27.1 Å². The van der Waals surface area contributed by atoms with Crippen LogP contribution >= 0.6 is 35.3 Å². The van der Waals surface area contributed by atoms with E-state index in [9.17, 15) is 17.8 Å². The van der Waals surface area contributed by atoms with Crippen LogP contribution in [-0.4, -0.2) is 54.8 Å². The molecule has 0 saturated carbocycles. The van der Waals surface area contributed by atoms with Crippen LogP contribution in [0.1, 0.15) is 12.5 Å². The summed E-state index contributed by atoms with van der Waals surface area (Å²) in [6.45, 7) is 4.53. The molecule has 1 amide bonds. The van der Waals surface area contributed by atoms with Crippen molar-refractivity contribution in [3.05, 3.63) is 58.0 Å². The Morgan fingerprint density at radius 1 is 1.15 bits per heavy atom. The van der Waals surface area contributed by atoms with Crippen molar-refractivity contribution >= 4 is 61.4 Å². The highest BCUT2D eigenvalue weighted by atomic mass is 32.2. The molecule has 2 aliphatic heterocycles. The van der Waals surface area contributed by atoms with Gasteiger partial charge in [0.2, 0.25) is 0 Å². The quantitative estimate of drug-likeness (QED) is 0.331. The van der Waals surface area contributed by atoms with Crippen molar-refractivity contribution in [2.24, 2.45) is 0 Å². The summed E-state index contributed by atoms with van der Waals surface area (Å²) in [5, 5.41) is 1.00. The van der Waals surface area contributed by atoms with Gasteiger partial charge in [-0.15, -0.1) is 4.58 Å². The van der Waals surface area contributed by atoms with Crippen LogP contribution in [0.4, 0.5) is 5.69 Å². The van der Waals surface area contributed by atoms with Gasteiger partial charge in [-0.3, -0.25) is 0 Å². The van der Waals surface area contributed by atoms with Gasteiger partial charge in [0.25, 0.3) is 4.38 Å². The standard InChI is InChI=1S/C15H17N2O2S3.C7H8O3S/c1-5-17-13(18)12(22-15(17)20-4)14-16(2)10-8-9(19-3)6-7-11(10)21-14;1-6-2-4-7(5-3-6)11(8,9)10/h6-8H,5H2,1-4H3;2-5H,1H3,(H,8,9,10)/q+1;/p-1. The van der Waals surface area contributed by atoms with Gasteiger partial charge in [0, 0.05) is 29.8 Å². The molecule has 0 spiro atoms. The first-order valence-electron chi connectivity index (χ1n) is 9.87. The van der Waals surface area contributed by atoms with E-state index in [0.29, 0.717) is 6.54 Å². The number of thioether (sulfide) groups is 3. The van der Waals surface area contributed by atoms with Crippen LogP contribution in [0.25, 0.3) is 0 Å². The summed E-state index contributed by atoms with van der Waals surface area (Å²) in [4.78, 5) is 16.5. The first-order valence-corrected chi connectivity index (χ1v) is 14.1. The third kappa shape index (κ3) is 5.60. The van der Waals surface area contributed by atoms with Crippen molar-refractivity contribution in [2.45, 2.75) is 23.6 Å². The van der Waals surface area contributed by atoms with Gasteiger partial charge in [-0.1, -0.05) is 41.2 Å². The third-order valence-corrected chi connectivity index (χ3v) is 9.38. The van der Waals surface area contributed by atoms with E-state index in [2.05, 4.69) is 4.90 Å². The van der Waals surface area contributed by atoms with Crippen LogP contribution in [0.15, 0.2) is 62.2 Å². The van der Waals surface area contributed by atoms with Gasteiger partial charge in [-0.25, -0.2) is 13.2 Å². The number of nitrogens with zero attached hydrogens (tertiary/aromatic N) is 2. The molecule has 0 N–H and O–H groups in total. The van der Waals surface area contributed by atoms with E-state index in [1.165, 1.54) is 12.1 Å². The molecular formula is C22H24N2O5S4. The summed E-state index contributed by atoms with van der Waals surface area (Å²) in [7, 11) is -0.603. The van der Waals surface area contributed by atoms with Crippen LogP contribution in [0.3, 0.4) is 0 Å². The van der Waals surface area contributed by atoms with Crippen molar-refractivity contribution in [2.75, 3.05) is 31.9 Å². The average molecular weight is 525 g/mol. The smallest absolute Gasteiger partial charge is 0.430 e. The molecule has 7 nitrogen and oxygen atoms in total. The molecule has 11 heteroatoms. The second-order valence-electron chi connectivity index (χ2n) is 7.02. The molecule has 2 aliphatic rings. The molecule has 4 rings (SSSR count). The number of benzene rings is 2. The average Bonchev–Trinajstić information content (AvgIpc) is 3.29. The number of carbonyl (C=O) groups is 1. The molecule has 0 unspecified atom stereocenters. The number of likely N-dealkylation sites (N-methyl/N-ethyl adjacent to an activating group) is 1. The Balaban J connectivity index is 0.000000235. The Morgan fingerprint density at radius 3 is 2.33 bits per heavy atom. The van der Waals surface area contributed by atoms with Crippen LogP contribution in [0.5, 0.6) is 5.75 Å². The van der Waals surface area contributed by atoms with E-state index in [1.807, 2.05) is 49.9 Å². The predicted molar refractivity (Wildman–Crippen MR) is 135 cm³/mol. The summed E-state index contributed by atoms with van der Waals surface area (Å²) in [5.41, 5.74) is 2.01. The molecule has 176 valence electrons. The lowest BCUT2D eigenvalue weighted by Crippen LogP contribution is -2.21. The summed E-state index contributed by atoms with van der Waals surface area (Å²) < 4.78 is 39.4. The van der Waals surface area contributed by atoms with E-state index in [-0.39, 0.29) is 10.8 Å². The van der Waals surface area contributed by atoms with Crippen molar-refractivity contribution in [3.63, 3.8) is 0 Å². The molecule has 0 saturated heterocycles. The highest BCUT2D eigenvalue weighted by Gasteiger charge is 2.42. The van der Waals surface area contributed by atoms with Crippen LogP contribution in [-0.2, 0) is 14.9 Å². The van der Waals surface area contributed by atoms with Gasteiger partial charge < -0.3 is 14.2 Å². The largest absolute Gasteiger partial charge is 0.744 e. The minimum Gasteiger partial charge on any atom is -0.744 e. The molecule has 0 aromatic heterocycles. The topological polar surface area (TPSA) is 89.8 Å². The summed E-state index contributed by atoms with van der Waals surface area (Å²) in [6.07, 6.45) is 2.01.